The predicted octanol–water partition coefficient (Wildman–Crippen LogP) is 0.139. The lowest BCUT2D eigenvalue weighted by molar-refractivity contribution is -0.138. The van der Waals surface area contributed by atoms with Gasteiger partial charge in [-0.1, -0.05) is 0 Å². The number of carboxylic acids is 1. The van der Waals surface area contributed by atoms with Gasteiger partial charge in [-0.2, -0.15) is 0 Å². The highest BCUT2D eigenvalue weighted by molar-refractivity contribution is 8.00. The summed E-state index contributed by atoms with van der Waals surface area (Å²) in [5.74, 6) is -0.183. The SMILES string of the molecule is COCC1(C)N[C@@H](C(=O)O)CS1. The Morgan fingerprint density at radius 3 is 3.00 bits per heavy atom. The van der Waals surface area contributed by atoms with Crippen molar-refractivity contribution in [3.05, 3.63) is 0 Å². The number of carbonyl (C=O) groups is 1. The first-order chi connectivity index (χ1) is 5.57. The van der Waals surface area contributed by atoms with Crippen molar-refractivity contribution in [2.24, 2.45) is 0 Å². The van der Waals surface area contributed by atoms with E-state index in [2.05, 4.69) is 5.32 Å². The number of carboxylic acid groups (broad SMARTS) is 1. The third-order valence-electron chi connectivity index (χ3n) is 1.77. The van der Waals surface area contributed by atoms with Crippen LogP contribution in [0.2, 0.25) is 0 Å². The van der Waals surface area contributed by atoms with E-state index >= 15 is 0 Å². The molecule has 12 heavy (non-hydrogen) atoms. The van der Waals surface area contributed by atoms with Gasteiger partial charge >= 0.3 is 5.97 Å². The Balaban J connectivity index is 2.48. The van der Waals surface area contributed by atoms with Gasteiger partial charge in [0.1, 0.15) is 6.04 Å². The zero-order valence-electron chi connectivity index (χ0n) is 7.16. The van der Waals surface area contributed by atoms with Crippen LogP contribution in [0, 0.1) is 0 Å². The number of methoxy groups -OCH3 is 1. The molecule has 0 spiro atoms. The van der Waals surface area contributed by atoms with Crippen molar-refractivity contribution in [1.29, 1.82) is 0 Å². The maximum absolute atomic E-state index is 10.6. The van der Waals surface area contributed by atoms with Crippen LogP contribution in [0.4, 0.5) is 0 Å². The standard InChI is InChI=1S/C7H13NO3S/c1-7(4-11-2)8-5(3-12-7)6(9)10/h5,8H,3-4H2,1-2H3,(H,9,10)/t5-,7?/m1/s1. The predicted molar refractivity (Wildman–Crippen MR) is 47.3 cm³/mol. The lowest BCUT2D eigenvalue weighted by Gasteiger charge is -2.22. The molecule has 0 aromatic rings. The van der Waals surface area contributed by atoms with E-state index in [4.69, 9.17) is 9.84 Å². The number of hydrogen-bond donors (Lipinski definition) is 2. The van der Waals surface area contributed by atoms with Crippen molar-refractivity contribution in [1.82, 2.24) is 5.32 Å². The monoisotopic (exact) mass is 191 g/mol. The number of aliphatic carboxylic acids is 1. The molecule has 1 aliphatic heterocycles. The topological polar surface area (TPSA) is 58.6 Å². The summed E-state index contributed by atoms with van der Waals surface area (Å²) in [6.07, 6.45) is 0. The third-order valence-corrected chi connectivity index (χ3v) is 3.14. The maximum atomic E-state index is 10.6. The zero-order chi connectivity index (χ0) is 9.19. The van der Waals surface area contributed by atoms with E-state index in [1.807, 2.05) is 6.92 Å². The van der Waals surface area contributed by atoms with Gasteiger partial charge < -0.3 is 9.84 Å². The molecule has 1 rings (SSSR count). The summed E-state index contributed by atoms with van der Waals surface area (Å²) >= 11 is 1.59. The number of ether oxygens (including phenoxy) is 1. The highest BCUT2D eigenvalue weighted by atomic mass is 32.2. The Morgan fingerprint density at radius 2 is 2.58 bits per heavy atom. The van der Waals surface area contributed by atoms with Crippen LogP contribution >= 0.6 is 11.8 Å². The number of hydrogen-bond acceptors (Lipinski definition) is 4. The van der Waals surface area contributed by atoms with Gasteiger partial charge in [0.15, 0.2) is 0 Å². The molecule has 2 N–H and O–H groups in total. The van der Waals surface area contributed by atoms with Gasteiger partial charge in [0.05, 0.1) is 11.5 Å². The molecular weight excluding hydrogens is 178 g/mol. The van der Waals surface area contributed by atoms with Gasteiger partial charge in [0, 0.05) is 12.9 Å². The Labute approximate surface area is 75.7 Å². The first-order valence-corrected chi connectivity index (χ1v) is 4.69. The van der Waals surface area contributed by atoms with Gasteiger partial charge in [0.2, 0.25) is 0 Å². The van der Waals surface area contributed by atoms with Crippen LogP contribution in [0.1, 0.15) is 6.92 Å². The molecule has 1 unspecified atom stereocenters. The van der Waals surface area contributed by atoms with Crippen molar-refractivity contribution in [3.63, 3.8) is 0 Å². The molecule has 0 radical (unpaired) electrons. The van der Waals surface area contributed by atoms with Gasteiger partial charge in [-0.3, -0.25) is 10.1 Å². The summed E-state index contributed by atoms with van der Waals surface area (Å²) in [5.41, 5.74) is 0. The van der Waals surface area contributed by atoms with E-state index in [0.29, 0.717) is 12.4 Å². The van der Waals surface area contributed by atoms with Gasteiger partial charge in [-0.15, -0.1) is 11.8 Å². The van der Waals surface area contributed by atoms with E-state index in [-0.39, 0.29) is 4.87 Å². The van der Waals surface area contributed by atoms with Crippen LogP contribution in [0.15, 0.2) is 0 Å². The Hall–Kier alpha value is -0.260. The van der Waals surface area contributed by atoms with E-state index in [0.717, 1.165) is 0 Å². The normalized spacial score (nSPS) is 35.3. The summed E-state index contributed by atoms with van der Waals surface area (Å²) in [6.45, 7) is 2.48. The van der Waals surface area contributed by atoms with Crippen LogP contribution in [0.3, 0.4) is 0 Å². The zero-order valence-corrected chi connectivity index (χ0v) is 7.98. The lowest BCUT2D eigenvalue weighted by atomic mass is 10.3. The molecule has 0 saturated carbocycles. The number of rotatable bonds is 3. The van der Waals surface area contributed by atoms with E-state index < -0.39 is 12.0 Å². The van der Waals surface area contributed by atoms with Crippen molar-refractivity contribution < 1.29 is 14.6 Å². The summed E-state index contributed by atoms with van der Waals surface area (Å²) in [5, 5.41) is 11.7. The van der Waals surface area contributed by atoms with E-state index in [9.17, 15) is 4.79 Å². The molecule has 0 aliphatic carbocycles. The Morgan fingerprint density at radius 1 is 1.92 bits per heavy atom. The van der Waals surface area contributed by atoms with Crippen LogP contribution in [0.25, 0.3) is 0 Å². The summed E-state index contributed by atoms with van der Waals surface area (Å²) in [4.78, 5) is 10.3. The quantitative estimate of drug-likeness (QED) is 0.664. The molecular formula is C7H13NO3S. The van der Waals surface area contributed by atoms with Gasteiger partial charge in [-0.25, -0.2) is 0 Å². The summed E-state index contributed by atoms with van der Waals surface area (Å²) in [7, 11) is 1.61. The molecule has 1 fully saturated rings. The molecule has 0 bridgehead atoms. The first-order valence-electron chi connectivity index (χ1n) is 3.71. The first kappa shape index (κ1) is 9.83. The number of thioether (sulfide) groups is 1. The molecule has 70 valence electrons. The smallest absolute Gasteiger partial charge is 0.321 e. The fourth-order valence-electron chi connectivity index (χ4n) is 1.21. The summed E-state index contributed by atoms with van der Waals surface area (Å²) in [6, 6.07) is -0.435. The molecule has 1 saturated heterocycles. The van der Waals surface area contributed by atoms with Crippen LogP contribution < -0.4 is 5.32 Å². The minimum absolute atomic E-state index is 0.238. The van der Waals surface area contributed by atoms with Crippen molar-refractivity contribution in [2.45, 2.75) is 17.8 Å². The second kappa shape index (κ2) is 3.64. The largest absolute Gasteiger partial charge is 0.480 e. The number of nitrogens with one attached hydrogen (secondary N) is 1. The molecule has 2 atom stereocenters. The Bertz CT molecular complexity index is 187. The van der Waals surface area contributed by atoms with Gasteiger partial charge in [-0.05, 0) is 6.92 Å². The van der Waals surface area contributed by atoms with E-state index in [1.165, 1.54) is 0 Å². The molecule has 1 heterocycles. The molecule has 5 heteroatoms. The molecule has 0 aromatic carbocycles. The molecule has 4 nitrogen and oxygen atoms in total. The van der Waals surface area contributed by atoms with Crippen LogP contribution in [0.5, 0.6) is 0 Å². The van der Waals surface area contributed by atoms with Crippen molar-refractivity contribution in [3.8, 4) is 0 Å². The average Bonchev–Trinajstić information content (AvgIpc) is 2.33. The van der Waals surface area contributed by atoms with Crippen LogP contribution in [-0.2, 0) is 9.53 Å². The fourth-order valence-corrected chi connectivity index (χ4v) is 2.40. The Kier molecular flexibility index (Phi) is 2.98. The fraction of sp³-hybridized carbons (Fsp3) is 0.857. The van der Waals surface area contributed by atoms with Gasteiger partial charge in [0.25, 0.3) is 0 Å². The maximum Gasteiger partial charge on any atom is 0.321 e. The highest BCUT2D eigenvalue weighted by Crippen LogP contribution is 2.29. The van der Waals surface area contributed by atoms with Crippen molar-refractivity contribution >= 4 is 17.7 Å². The van der Waals surface area contributed by atoms with Crippen LogP contribution in [-0.4, -0.2) is 41.5 Å². The third kappa shape index (κ3) is 2.12. The average molecular weight is 191 g/mol. The molecule has 0 aromatic heterocycles. The van der Waals surface area contributed by atoms with E-state index in [1.54, 1.807) is 18.9 Å². The minimum Gasteiger partial charge on any atom is -0.480 e. The van der Waals surface area contributed by atoms with Crippen molar-refractivity contribution in [2.75, 3.05) is 19.5 Å². The highest BCUT2D eigenvalue weighted by Gasteiger charge is 2.38. The molecule has 1 aliphatic rings. The summed E-state index contributed by atoms with van der Waals surface area (Å²) < 4.78 is 4.98. The second-order valence-electron chi connectivity index (χ2n) is 3.01. The lowest BCUT2D eigenvalue weighted by Crippen LogP contribution is -2.45. The second-order valence-corrected chi connectivity index (χ2v) is 4.53. The molecule has 0 amide bonds. The minimum atomic E-state index is -0.790.